The molecule has 0 unspecified atom stereocenters. The lowest BCUT2D eigenvalue weighted by atomic mass is 10.2. The molecule has 0 aliphatic heterocycles. The van der Waals surface area contributed by atoms with E-state index < -0.39 is 0 Å². The lowest BCUT2D eigenvalue weighted by molar-refractivity contribution is 0.459. The summed E-state index contributed by atoms with van der Waals surface area (Å²) in [6.07, 6.45) is 5.16. The number of rotatable bonds is 2. The molecule has 4 aromatic rings. The number of hydrogen-bond acceptors (Lipinski definition) is 6. The van der Waals surface area contributed by atoms with E-state index in [2.05, 4.69) is 41.1 Å². The van der Waals surface area contributed by atoms with E-state index >= 15 is 0 Å². The Morgan fingerprint density at radius 2 is 2.09 bits per heavy atom. The summed E-state index contributed by atoms with van der Waals surface area (Å²) in [5.41, 5.74) is 1.38. The zero-order valence-electron chi connectivity index (χ0n) is 11.5. The van der Waals surface area contributed by atoms with Gasteiger partial charge in [0.05, 0.1) is 5.52 Å². The van der Waals surface area contributed by atoms with Crippen molar-refractivity contribution in [3.05, 3.63) is 41.4 Å². The number of aromatic hydroxyl groups is 2. The molecular formula is C14H9BrN6O2. The molecule has 0 radical (unpaired) electrons. The Morgan fingerprint density at radius 3 is 2.96 bits per heavy atom. The lowest BCUT2D eigenvalue weighted by Gasteiger charge is -1.98. The van der Waals surface area contributed by atoms with Gasteiger partial charge < -0.3 is 19.6 Å². The topological polar surface area (TPSA) is 111 Å². The summed E-state index contributed by atoms with van der Waals surface area (Å²) >= 11 is 3.30. The predicted molar refractivity (Wildman–Crippen MR) is 86.5 cm³/mol. The van der Waals surface area contributed by atoms with Gasteiger partial charge in [-0.1, -0.05) is 0 Å². The van der Waals surface area contributed by atoms with Gasteiger partial charge in [0.1, 0.15) is 10.4 Å². The number of halogens is 1. The van der Waals surface area contributed by atoms with E-state index in [1.165, 1.54) is 12.1 Å². The molecule has 3 aromatic heterocycles. The van der Waals surface area contributed by atoms with Gasteiger partial charge in [0.25, 0.3) is 0 Å². The van der Waals surface area contributed by atoms with Crippen LogP contribution in [0.2, 0.25) is 0 Å². The highest BCUT2D eigenvalue weighted by atomic mass is 79.9. The van der Waals surface area contributed by atoms with E-state index in [0.29, 0.717) is 27.0 Å². The number of nitrogens with one attached hydrogen (secondary N) is 1. The lowest BCUT2D eigenvalue weighted by Crippen LogP contribution is -1.87. The second-order valence-corrected chi connectivity index (χ2v) is 5.61. The van der Waals surface area contributed by atoms with Crippen LogP contribution in [-0.4, -0.2) is 29.6 Å². The zero-order valence-corrected chi connectivity index (χ0v) is 13.1. The monoisotopic (exact) mass is 372 g/mol. The summed E-state index contributed by atoms with van der Waals surface area (Å²) < 4.78 is 2.35. The summed E-state index contributed by atoms with van der Waals surface area (Å²) in [5, 5.41) is 28.3. The fourth-order valence-electron chi connectivity index (χ4n) is 2.31. The first kappa shape index (κ1) is 13.7. The average Bonchev–Trinajstić information content (AvgIpc) is 3.08. The molecule has 0 aliphatic rings. The number of benzene rings is 1. The SMILES string of the molecule is Oc1ccc2c(N=Nc3nc(Br)cn4ccnc34)c(O)[nH]c2c1. The first-order chi connectivity index (χ1) is 11.1. The quantitative estimate of drug-likeness (QED) is 0.464. The van der Waals surface area contributed by atoms with Gasteiger partial charge in [-0.3, -0.25) is 0 Å². The highest BCUT2D eigenvalue weighted by Crippen LogP contribution is 2.37. The molecule has 0 spiro atoms. The van der Waals surface area contributed by atoms with Crippen LogP contribution in [0, 0.1) is 0 Å². The van der Waals surface area contributed by atoms with E-state index in [1.807, 2.05) is 0 Å². The fourth-order valence-corrected chi connectivity index (χ4v) is 2.70. The van der Waals surface area contributed by atoms with Crippen LogP contribution < -0.4 is 0 Å². The maximum atomic E-state index is 9.99. The molecule has 4 rings (SSSR count). The molecule has 0 saturated carbocycles. The Hall–Kier alpha value is -2.94. The second kappa shape index (κ2) is 5.06. The molecule has 0 bridgehead atoms. The molecular weight excluding hydrogens is 364 g/mol. The number of fused-ring (bicyclic) bond motifs is 2. The van der Waals surface area contributed by atoms with Crippen molar-refractivity contribution in [2.45, 2.75) is 0 Å². The first-order valence-corrected chi connectivity index (χ1v) is 7.36. The van der Waals surface area contributed by atoms with Crippen molar-refractivity contribution >= 4 is 44.0 Å². The third-order valence-corrected chi connectivity index (χ3v) is 3.69. The Kier molecular flexibility index (Phi) is 3.01. The molecule has 8 nitrogen and oxygen atoms in total. The van der Waals surface area contributed by atoms with Gasteiger partial charge in [-0.2, -0.15) is 0 Å². The number of phenolic OH excluding ortho intramolecular Hbond substituents is 1. The zero-order chi connectivity index (χ0) is 16.0. The Bertz CT molecular complexity index is 1070. The summed E-state index contributed by atoms with van der Waals surface area (Å²) in [4.78, 5) is 11.2. The van der Waals surface area contributed by atoms with Crippen LogP contribution in [0.1, 0.15) is 0 Å². The van der Waals surface area contributed by atoms with E-state index in [4.69, 9.17) is 0 Å². The Morgan fingerprint density at radius 1 is 1.22 bits per heavy atom. The number of aromatic nitrogens is 4. The van der Waals surface area contributed by atoms with Crippen LogP contribution in [0.4, 0.5) is 11.5 Å². The number of imidazole rings is 1. The maximum Gasteiger partial charge on any atom is 0.219 e. The number of azo groups is 1. The molecule has 0 aliphatic carbocycles. The number of phenols is 1. The normalized spacial score (nSPS) is 11.9. The van der Waals surface area contributed by atoms with Crippen LogP contribution in [0.5, 0.6) is 11.6 Å². The predicted octanol–water partition coefficient (Wildman–Crippen LogP) is 3.80. The van der Waals surface area contributed by atoms with Crippen LogP contribution in [-0.2, 0) is 0 Å². The van der Waals surface area contributed by atoms with Gasteiger partial charge in [0.15, 0.2) is 11.3 Å². The summed E-state index contributed by atoms with van der Waals surface area (Å²) in [7, 11) is 0. The fraction of sp³-hybridized carbons (Fsp3) is 0. The molecule has 1 aromatic carbocycles. The molecule has 0 atom stereocenters. The molecule has 114 valence electrons. The van der Waals surface area contributed by atoms with Gasteiger partial charge in [-0.25, -0.2) is 9.97 Å². The standard InChI is InChI=1S/C14H9BrN6O2/c15-10-6-21-4-3-16-13(21)12(18-10)20-19-11-8-2-1-7(22)5-9(8)17-14(11)23/h1-6,17,22-23H. The van der Waals surface area contributed by atoms with Crippen LogP contribution >= 0.6 is 15.9 Å². The molecule has 3 N–H and O–H groups in total. The van der Waals surface area contributed by atoms with Gasteiger partial charge >= 0.3 is 0 Å². The number of nitrogens with zero attached hydrogens (tertiary/aromatic N) is 5. The summed E-state index contributed by atoms with van der Waals surface area (Å²) in [6, 6.07) is 4.66. The van der Waals surface area contributed by atoms with Crippen molar-refractivity contribution in [2.75, 3.05) is 0 Å². The number of hydrogen-bond donors (Lipinski definition) is 3. The summed E-state index contributed by atoms with van der Waals surface area (Å²) in [6.45, 7) is 0. The Labute approximate surface area is 137 Å². The van der Waals surface area contributed by atoms with Crippen LogP contribution in [0.3, 0.4) is 0 Å². The minimum absolute atomic E-state index is 0.0926. The third-order valence-electron chi connectivity index (χ3n) is 3.31. The summed E-state index contributed by atoms with van der Waals surface area (Å²) in [5.74, 6) is 0.274. The van der Waals surface area contributed by atoms with Crippen molar-refractivity contribution in [1.82, 2.24) is 19.4 Å². The Balaban J connectivity index is 1.85. The van der Waals surface area contributed by atoms with E-state index in [0.717, 1.165) is 0 Å². The minimum atomic E-state index is -0.135. The highest BCUT2D eigenvalue weighted by Gasteiger charge is 2.12. The van der Waals surface area contributed by atoms with Gasteiger partial charge in [-0.05, 0) is 28.1 Å². The van der Waals surface area contributed by atoms with E-state index in [9.17, 15) is 10.2 Å². The molecule has 0 fully saturated rings. The molecule has 0 amide bonds. The molecule has 3 heterocycles. The van der Waals surface area contributed by atoms with Gasteiger partial charge in [0.2, 0.25) is 11.7 Å². The molecule has 9 heteroatoms. The number of aromatic amines is 1. The van der Waals surface area contributed by atoms with Crippen molar-refractivity contribution < 1.29 is 10.2 Å². The van der Waals surface area contributed by atoms with E-state index in [-0.39, 0.29) is 17.3 Å². The minimum Gasteiger partial charge on any atom is -0.508 e. The van der Waals surface area contributed by atoms with Gasteiger partial charge in [0, 0.05) is 30.0 Å². The smallest absolute Gasteiger partial charge is 0.219 e. The highest BCUT2D eigenvalue weighted by molar-refractivity contribution is 9.10. The first-order valence-electron chi connectivity index (χ1n) is 6.56. The van der Waals surface area contributed by atoms with Crippen molar-refractivity contribution in [2.24, 2.45) is 10.2 Å². The second-order valence-electron chi connectivity index (χ2n) is 4.80. The molecule has 23 heavy (non-hydrogen) atoms. The van der Waals surface area contributed by atoms with Crippen LogP contribution in [0.25, 0.3) is 16.6 Å². The molecule has 0 saturated heterocycles. The van der Waals surface area contributed by atoms with Gasteiger partial charge in [-0.15, -0.1) is 10.2 Å². The largest absolute Gasteiger partial charge is 0.508 e. The number of H-pyrrole nitrogens is 1. The van der Waals surface area contributed by atoms with E-state index in [1.54, 1.807) is 29.1 Å². The average molecular weight is 373 g/mol. The van der Waals surface area contributed by atoms with Crippen molar-refractivity contribution in [1.29, 1.82) is 0 Å². The van der Waals surface area contributed by atoms with Crippen molar-refractivity contribution in [3.8, 4) is 11.6 Å². The van der Waals surface area contributed by atoms with Crippen LogP contribution in [0.15, 0.2) is 51.6 Å². The third kappa shape index (κ3) is 2.30. The van der Waals surface area contributed by atoms with Crippen molar-refractivity contribution in [3.63, 3.8) is 0 Å². The maximum absolute atomic E-state index is 9.99.